The Kier molecular flexibility index (Phi) is 4.92. The molecular formula is C10H22BNO2. The van der Waals surface area contributed by atoms with E-state index in [0.717, 1.165) is 25.8 Å². The van der Waals surface area contributed by atoms with Crippen molar-refractivity contribution in [1.82, 2.24) is 5.32 Å². The third kappa shape index (κ3) is 4.44. The number of hydrogen-bond acceptors (Lipinski definition) is 3. The minimum atomic E-state index is -1.12. The third-order valence-electron chi connectivity index (χ3n) is 3.15. The molecule has 0 unspecified atom stereocenters. The van der Waals surface area contributed by atoms with Gasteiger partial charge in [0.2, 0.25) is 0 Å². The molecule has 1 atom stereocenters. The van der Waals surface area contributed by atoms with E-state index in [1.54, 1.807) is 0 Å². The molecule has 3 N–H and O–H groups in total. The largest absolute Gasteiger partial charge is 0.451 e. The van der Waals surface area contributed by atoms with Crippen molar-refractivity contribution < 1.29 is 10.0 Å². The fourth-order valence-electron chi connectivity index (χ4n) is 2.17. The molecule has 1 rings (SSSR count). The van der Waals surface area contributed by atoms with Gasteiger partial charge in [-0.1, -0.05) is 19.3 Å². The van der Waals surface area contributed by atoms with Gasteiger partial charge in [-0.15, -0.1) is 0 Å². The van der Waals surface area contributed by atoms with Crippen LogP contribution in [0.3, 0.4) is 0 Å². The molecule has 0 saturated carbocycles. The number of hydrogen-bond donors (Lipinski definition) is 3. The van der Waals surface area contributed by atoms with Crippen LogP contribution in [-0.4, -0.2) is 29.3 Å². The average molecular weight is 199 g/mol. The Bertz CT molecular complexity index is 158. The number of piperidine rings is 1. The Morgan fingerprint density at radius 1 is 1.29 bits per heavy atom. The molecule has 1 aliphatic heterocycles. The van der Waals surface area contributed by atoms with Gasteiger partial charge in [0.25, 0.3) is 0 Å². The predicted octanol–water partition coefficient (Wildman–Crippen LogP) is 1.16. The van der Waals surface area contributed by atoms with Crippen LogP contribution in [0.4, 0.5) is 0 Å². The summed E-state index contributed by atoms with van der Waals surface area (Å²) >= 11 is 0. The predicted molar refractivity (Wildman–Crippen MR) is 59.1 cm³/mol. The highest BCUT2D eigenvalue weighted by atomic mass is 16.4. The Hall–Kier alpha value is -0.0551. The van der Waals surface area contributed by atoms with Gasteiger partial charge in [-0.05, 0) is 39.1 Å². The summed E-state index contributed by atoms with van der Waals surface area (Å²) in [7, 11) is -1.12. The molecule has 0 aliphatic carbocycles. The summed E-state index contributed by atoms with van der Waals surface area (Å²) in [5.41, 5.74) is 0.304. The van der Waals surface area contributed by atoms with E-state index < -0.39 is 7.12 Å². The zero-order valence-corrected chi connectivity index (χ0v) is 9.13. The third-order valence-corrected chi connectivity index (χ3v) is 3.15. The zero-order valence-electron chi connectivity index (χ0n) is 9.13. The van der Waals surface area contributed by atoms with Gasteiger partial charge in [0, 0.05) is 5.54 Å². The maximum Gasteiger partial charge on any atom is 0.451 e. The normalized spacial score (nSPS) is 27.6. The van der Waals surface area contributed by atoms with Crippen LogP contribution < -0.4 is 5.32 Å². The fraction of sp³-hybridized carbons (Fsp3) is 1.00. The second-order valence-corrected chi connectivity index (χ2v) is 4.67. The molecular weight excluding hydrogens is 177 g/mol. The molecule has 1 fully saturated rings. The second-order valence-electron chi connectivity index (χ2n) is 4.67. The first-order chi connectivity index (χ1) is 6.62. The van der Waals surface area contributed by atoms with Gasteiger partial charge in [-0.25, -0.2) is 0 Å². The van der Waals surface area contributed by atoms with Crippen LogP contribution in [0.25, 0.3) is 0 Å². The smallest absolute Gasteiger partial charge is 0.427 e. The summed E-state index contributed by atoms with van der Waals surface area (Å²) in [6, 6.07) is 0. The lowest BCUT2D eigenvalue weighted by Crippen LogP contribution is -2.45. The highest BCUT2D eigenvalue weighted by Gasteiger charge is 2.25. The van der Waals surface area contributed by atoms with E-state index in [-0.39, 0.29) is 0 Å². The van der Waals surface area contributed by atoms with E-state index in [9.17, 15) is 0 Å². The van der Waals surface area contributed by atoms with E-state index >= 15 is 0 Å². The summed E-state index contributed by atoms with van der Waals surface area (Å²) in [6.07, 6.45) is 7.54. The van der Waals surface area contributed by atoms with E-state index in [1.807, 2.05) is 0 Å². The van der Waals surface area contributed by atoms with E-state index in [0.29, 0.717) is 11.9 Å². The van der Waals surface area contributed by atoms with Crippen molar-refractivity contribution in [3.8, 4) is 0 Å². The Morgan fingerprint density at radius 2 is 2.07 bits per heavy atom. The van der Waals surface area contributed by atoms with Crippen molar-refractivity contribution in [2.75, 3.05) is 6.54 Å². The molecule has 14 heavy (non-hydrogen) atoms. The molecule has 1 saturated heterocycles. The first-order valence-corrected chi connectivity index (χ1v) is 5.74. The maximum absolute atomic E-state index is 8.69. The second kappa shape index (κ2) is 5.74. The van der Waals surface area contributed by atoms with Crippen LogP contribution in [0.1, 0.15) is 45.4 Å². The standard InChI is InChI=1S/C10H22BNO2/c1-10(7-3-5-9-12-10)6-2-4-8-11(13)14/h12-14H,2-9H2,1H3/t10-/m0/s1. The lowest BCUT2D eigenvalue weighted by molar-refractivity contribution is 0.254. The van der Waals surface area contributed by atoms with Gasteiger partial charge >= 0.3 is 7.12 Å². The number of rotatable bonds is 5. The quantitative estimate of drug-likeness (QED) is 0.460. The Balaban J connectivity index is 2.09. The summed E-state index contributed by atoms with van der Waals surface area (Å²) < 4.78 is 0. The monoisotopic (exact) mass is 199 g/mol. The molecule has 1 heterocycles. The lowest BCUT2D eigenvalue weighted by Gasteiger charge is -2.35. The zero-order chi connectivity index (χ0) is 10.4. The molecule has 1 aliphatic rings. The van der Waals surface area contributed by atoms with Crippen molar-refractivity contribution in [2.24, 2.45) is 0 Å². The molecule has 0 aromatic carbocycles. The highest BCUT2D eigenvalue weighted by molar-refractivity contribution is 6.40. The summed E-state index contributed by atoms with van der Waals surface area (Å²) in [5, 5.41) is 20.9. The topological polar surface area (TPSA) is 52.5 Å². The molecule has 82 valence electrons. The van der Waals surface area contributed by atoms with Gasteiger partial charge in [0.1, 0.15) is 0 Å². The molecule has 0 aromatic rings. The van der Waals surface area contributed by atoms with Crippen LogP contribution >= 0.6 is 0 Å². The van der Waals surface area contributed by atoms with Crippen molar-refractivity contribution in [3.63, 3.8) is 0 Å². The molecule has 0 amide bonds. The van der Waals surface area contributed by atoms with Crippen molar-refractivity contribution in [3.05, 3.63) is 0 Å². The first kappa shape index (κ1) is 12.0. The maximum atomic E-state index is 8.69. The fourth-order valence-corrected chi connectivity index (χ4v) is 2.17. The molecule has 3 nitrogen and oxygen atoms in total. The highest BCUT2D eigenvalue weighted by Crippen LogP contribution is 2.24. The van der Waals surface area contributed by atoms with Gasteiger partial charge in [0.15, 0.2) is 0 Å². The van der Waals surface area contributed by atoms with Gasteiger partial charge in [-0.3, -0.25) is 0 Å². The van der Waals surface area contributed by atoms with Gasteiger partial charge in [0.05, 0.1) is 0 Å². The molecule has 0 aromatic heterocycles. The van der Waals surface area contributed by atoms with Crippen LogP contribution in [0.2, 0.25) is 6.32 Å². The van der Waals surface area contributed by atoms with Gasteiger partial charge in [-0.2, -0.15) is 0 Å². The first-order valence-electron chi connectivity index (χ1n) is 5.74. The number of unbranched alkanes of at least 4 members (excludes halogenated alkanes) is 1. The van der Waals surface area contributed by atoms with Gasteiger partial charge < -0.3 is 15.4 Å². The van der Waals surface area contributed by atoms with E-state index in [2.05, 4.69) is 12.2 Å². The Morgan fingerprint density at radius 3 is 2.64 bits per heavy atom. The molecule has 0 bridgehead atoms. The minimum absolute atomic E-state index is 0.304. The average Bonchev–Trinajstić information content (AvgIpc) is 2.14. The summed E-state index contributed by atoms with van der Waals surface area (Å²) in [6.45, 7) is 3.42. The Labute approximate surface area is 87.0 Å². The SMILES string of the molecule is C[C@]1(CCCCB(O)O)CCCCN1. The lowest BCUT2D eigenvalue weighted by atomic mass is 9.80. The number of nitrogens with one attached hydrogen (secondary N) is 1. The van der Waals surface area contributed by atoms with Crippen molar-refractivity contribution in [1.29, 1.82) is 0 Å². The minimum Gasteiger partial charge on any atom is -0.427 e. The summed E-state index contributed by atoms with van der Waals surface area (Å²) in [4.78, 5) is 0. The molecule has 4 heteroatoms. The van der Waals surface area contributed by atoms with Crippen molar-refractivity contribution >= 4 is 7.12 Å². The van der Waals surface area contributed by atoms with Crippen molar-refractivity contribution in [2.45, 2.75) is 57.3 Å². The molecule has 0 spiro atoms. The van der Waals surface area contributed by atoms with Crippen LogP contribution in [0.15, 0.2) is 0 Å². The van der Waals surface area contributed by atoms with Crippen LogP contribution in [0.5, 0.6) is 0 Å². The van der Waals surface area contributed by atoms with Crippen LogP contribution in [-0.2, 0) is 0 Å². The van der Waals surface area contributed by atoms with E-state index in [4.69, 9.17) is 10.0 Å². The molecule has 0 radical (unpaired) electrons. The summed E-state index contributed by atoms with van der Waals surface area (Å²) in [5.74, 6) is 0. The van der Waals surface area contributed by atoms with Crippen LogP contribution in [0, 0.1) is 0 Å². The van der Waals surface area contributed by atoms with E-state index in [1.165, 1.54) is 19.3 Å².